The average Bonchev–Trinajstić information content (AvgIpc) is 2.73. The van der Waals surface area contributed by atoms with Crippen molar-refractivity contribution in [2.24, 2.45) is 0 Å². The van der Waals surface area contributed by atoms with Crippen LogP contribution in [0, 0.1) is 0 Å². The number of carbonyl (C=O) groups is 2. The molecule has 0 atom stereocenters. The topological polar surface area (TPSA) is 52.6 Å². The summed E-state index contributed by atoms with van der Waals surface area (Å²) in [6.07, 6.45) is 3.24. The van der Waals surface area contributed by atoms with E-state index in [1.165, 1.54) is 6.08 Å². The number of ether oxygens (including phenoxy) is 2. The largest absolute Gasteiger partial charge is 0.482 e. The molecular weight excluding hydrogens is 340 g/mol. The lowest BCUT2D eigenvalue weighted by molar-refractivity contribution is -0.136. The first-order valence-corrected chi connectivity index (χ1v) is 8.47. The van der Waals surface area contributed by atoms with Crippen LogP contribution < -0.4 is 9.47 Å². The molecule has 0 radical (unpaired) electrons. The molecule has 0 aromatic heterocycles. The van der Waals surface area contributed by atoms with Gasteiger partial charge in [0.2, 0.25) is 0 Å². The third-order valence-corrected chi connectivity index (χ3v) is 3.70. The van der Waals surface area contributed by atoms with Gasteiger partial charge < -0.3 is 9.47 Å². The minimum absolute atomic E-state index is 0.0656. The number of esters is 1. The molecule has 0 heterocycles. The maximum Gasteiger partial charge on any atom is 0.349 e. The van der Waals surface area contributed by atoms with Gasteiger partial charge >= 0.3 is 5.97 Å². The molecule has 134 valence electrons. The Labute approximate surface area is 157 Å². The number of hydrogen-bond donors (Lipinski definition) is 0. The highest BCUT2D eigenvalue weighted by Crippen LogP contribution is 2.15. The molecule has 0 saturated carbocycles. The summed E-state index contributed by atoms with van der Waals surface area (Å²) in [5.41, 5.74) is 1.47. The van der Waals surface area contributed by atoms with E-state index in [9.17, 15) is 9.59 Å². The molecule has 0 saturated heterocycles. The van der Waals surface area contributed by atoms with Gasteiger partial charge in [-0.1, -0.05) is 66.7 Å². The maximum atomic E-state index is 12.0. The van der Waals surface area contributed by atoms with E-state index in [2.05, 4.69) is 0 Å². The molecule has 4 heteroatoms. The Hall–Kier alpha value is -3.66. The summed E-state index contributed by atoms with van der Waals surface area (Å²) in [7, 11) is 0. The van der Waals surface area contributed by atoms with Gasteiger partial charge in [-0.15, -0.1) is 0 Å². The van der Waals surface area contributed by atoms with Gasteiger partial charge in [0.05, 0.1) is 0 Å². The number of benzene rings is 3. The van der Waals surface area contributed by atoms with Gasteiger partial charge in [0.1, 0.15) is 11.5 Å². The molecule has 0 amide bonds. The van der Waals surface area contributed by atoms with Gasteiger partial charge in [0.25, 0.3) is 0 Å². The molecule has 27 heavy (non-hydrogen) atoms. The second-order valence-corrected chi connectivity index (χ2v) is 5.71. The summed E-state index contributed by atoms with van der Waals surface area (Å²) in [6, 6.07) is 25.0. The maximum absolute atomic E-state index is 12.0. The van der Waals surface area contributed by atoms with Crippen molar-refractivity contribution in [2.45, 2.75) is 0 Å². The Bertz CT molecular complexity index is 914. The lowest BCUT2D eigenvalue weighted by Gasteiger charge is -2.06. The van der Waals surface area contributed by atoms with E-state index in [1.54, 1.807) is 54.6 Å². The van der Waals surface area contributed by atoms with Crippen LogP contribution in [-0.2, 0) is 4.79 Å². The lowest BCUT2D eigenvalue weighted by Crippen LogP contribution is -2.17. The molecule has 0 unspecified atom stereocenters. The Morgan fingerprint density at radius 2 is 1.37 bits per heavy atom. The van der Waals surface area contributed by atoms with E-state index in [1.807, 2.05) is 36.4 Å². The molecule has 0 N–H and O–H groups in total. The number of allylic oxidation sites excluding steroid dienone is 1. The summed E-state index contributed by atoms with van der Waals surface area (Å²) in [5, 5.41) is 0. The van der Waals surface area contributed by atoms with Crippen LogP contribution >= 0.6 is 0 Å². The minimum atomic E-state index is -0.485. The first-order valence-electron chi connectivity index (χ1n) is 8.47. The second-order valence-electron chi connectivity index (χ2n) is 5.71. The SMILES string of the molecule is O=C(COc1ccccc1)Oc1ccc(/C=C/C(=O)c2ccccc2)cc1. The fraction of sp³-hybridized carbons (Fsp3) is 0.0435. The number of hydrogen-bond acceptors (Lipinski definition) is 4. The van der Waals surface area contributed by atoms with E-state index in [0.717, 1.165) is 5.56 Å². The van der Waals surface area contributed by atoms with Gasteiger partial charge in [0.15, 0.2) is 12.4 Å². The summed E-state index contributed by atoms with van der Waals surface area (Å²) < 4.78 is 10.6. The quantitative estimate of drug-likeness (QED) is 0.269. The van der Waals surface area contributed by atoms with Gasteiger partial charge in [-0.05, 0) is 35.9 Å². The minimum Gasteiger partial charge on any atom is -0.482 e. The molecule has 0 fully saturated rings. The van der Waals surface area contributed by atoms with E-state index >= 15 is 0 Å². The molecule has 0 bridgehead atoms. The lowest BCUT2D eigenvalue weighted by atomic mass is 10.1. The summed E-state index contributed by atoms with van der Waals surface area (Å²) >= 11 is 0. The van der Waals surface area contributed by atoms with Crippen LogP contribution in [0.1, 0.15) is 15.9 Å². The van der Waals surface area contributed by atoms with E-state index in [0.29, 0.717) is 17.1 Å². The van der Waals surface area contributed by atoms with Crippen LogP contribution in [0.25, 0.3) is 6.08 Å². The molecule has 4 nitrogen and oxygen atoms in total. The Morgan fingerprint density at radius 1 is 0.741 bits per heavy atom. The second kappa shape index (κ2) is 9.15. The Morgan fingerprint density at radius 3 is 2.04 bits per heavy atom. The fourth-order valence-electron chi connectivity index (χ4n) is 2.34. The molecule has 0 spiro atoms. The predicted molar refractivity (Wildman–Crippen MR) is 104 cm³/mol. The van der Waals surface area contributed by atoms with E-state index in [4.69, 9.17) is 9.47 Å². The summed E-state index contributed by atoms with van der Waals surface area (Å²) in [6.45, 7) is -0.169. The van der Waals surface area contributed by atoms with E-state index in [-0.39, 0.29) is 12.4 Å². The predicted octanol–water partition coefficient (Wildman–Crippen LogP) is 4.57. The van der Waals surface area contributed by atoms with Gasteiger partial charge in [0, 0.05) is 5.56 Å². The number of ketones is 1. The molecule has 3 rings (SSSR count). The molecule has 0 aliphatic carbocycles. The van der Waals surface area contributed by atoms with Crippen LogP contribution in [0.15, 0.2) is 91.0 Å². The van der Waals surface area contributed by atoms with Crippen molar-refractivity contribution < 1.29 is 19.1 Å². The highest BCUT2D eigenvalue weighted by molar-refractivity contribution is 6.06. The van der Waals surface area contributed by atoms with Crippen LogP contribution in [0.3, 0.4) is 0 Å². The smallest absolute Gasteiger partial charge is 0.349 e. The zero-order valence-corrected chi connectivity index (χ0v) is 14.6. The van der Waals surface area contributed by atoms with Crippen LogP contribution in [0.4, 0.5) is 0 Å². The van der Waals surface area contributed by atoms with Gasteiger partial charge in [-0.2, -0.15) is 0 Å². The monoisotopic (exact) mass is 358 g/mol. The molecule has 0 aliphatic heterocycles. The molecule has 3 aromatic carbocycles. The Balaban J connectivity index is 1.51. The third-order valence-electron chi connectivity index (χ3n) is 3.70. The van der Waals surface area contributed by atoms with Crippen LogP contribution in [0.5, 0.6) is 11.5 Å². The first-order chi connectivity index (χ1) is 13.2. The zero-order valence-electron chi connectivity index (χ0n) is 14.6. The molecule has 0 aliphatic rings. The fourth-order valence-corrected chi connectivity index (χ4v) is 2.34. The van der Waals surface area contributed by atoms with Gasteiger partial charge in [-0.3, -0.25) is 4.79 Å². The summed E-state index contributed by atoms with van der Waals surface area (Å²) in [5.74, 6) is 0.479. The van der Waals surface area contributed by atoms with Gasteiger partial charge in [-0.25, -0.2) is 4.79 Å². The highest BCUT2D eigenvalue weighted by Gasteiger charge is 2.06. The van der Waals surface area contributed by atoms with Crippen molar-refractivity contribution in [1.29, 1.82) is 0 Å². The molecular formula is C23H18O4. The third kappa shape index (κ3) is 5.68. The normalized spacial score (nSPS) is 10.5. The van der Waals surface area contributed by atoms with Crippen LogP contribution in [-0.4, -0.2) is 18.4 Å². The van der Waals surface area contributed by atoms with E-state index < -0.39 is 5.97 Å². The average molecular weight is 358 g/mol. The van der Waals surface area contributed by atoms with Crippen molar-refractivity contribution in [3.8, 4) is 11.5 Å². The van der Waals surface area contributed by atoms with Crippen molar-refractivity contribution in [3.05, 3.63) is 102 Å². The number of carbonyl (C=O) groups excluding carboxylic acids is 2. The highest BCUT2D eigenvalue weighted by atomic mass is 16.6. The van der Waals surface area contributed by atoms with Crippen LogP contribution in [0.2, 0.25) is 0 Å². The van der Waals surface area contributed by atoms with Crippen molar-refractivity contribution in [3.63, 3.8) is 0 Å². The summed E-state index contributed by atoms with van der Waals surface area (Å²) in [4.78, 5) is 23.9. The zero-order chi connectivity index (χ0) is 18.9. The van der Waals surface area contributed by atoms with Crippen molar-refractivity contribution in [2.75, 3.05) is 6.61 Å². The number of rotatable bonds is 7. The van der Waals surface area contributed by atoms with Crippen molar-refractivity contribution in [1.82, 2.24) is 0 Å². The standard InChI is InChI=1S/C23H18O4/c24-22(19-7-3-1-4-8-19)16-13-18-11-14-21(15-12-18)27-23(25)17-26-20-9-5-2-6-10-20/h1-16H,17H2/b16-13+. The Kier molecular flexibility index (Phi) is 6.15. The first kappa shape index (κ1) is 18.1. The van der Waals surface area contributed by atoms with Crippen molar-refractivity contribution >= 4 is 17.8 Å². The molecule has 3 aromatic rings. The number of para-hydroxylation sites is 1.